The molecule has 1 aromatic carbocycles. The van der Waals surface area contributed by atoms with Crippen molar-refractivity contribution in [3.05, 3.63) is 41.6 Å². The van der Waals surface area contributed by atoms with Crippen LogP contribution in [-0.2, 0) is 30.3 Å². The maximum Gasteiger partial charge on any atom is 0.408 e. The standard InChI is InChI=1S/C39H50N4O9/c1-7-26-32-31(25-18-24(49-6)16-17-27(25)40-26)30(44)21-38(51-32)20-29-33(45)42-39(35(47)50-8-2)19-23(39)14-12-10-9-11-13-15-28(34(46)43(29)22-38)41-36(48)52-37(3,4)5/h12,14,16-18,23,28-29H,7-11,13,15,19-22H2,1-6H3,(H,41,48)(H,42,45)/b14-12-/t23-,28+,29+,38+,39-/m1/s1. The number of allylic oxidation sites excluding steroid dienone is 1. The quantitative estimate of drug-likeness (QED) is 0.319. The number of carbonyl (C=O) groups is 5. The molecule has 1 aliphatic carbocycles. The number of benzene rings is 1. The lowest BCUT2D eigenvalue weighted by atomic mass is 9.86. The first-order chi connectivity index (χ1) is 24.7. The van der Waals surface area contributed by atoms with E-state index in [9.17, 15) is 24.0 Å². The Morgan fingerprint density at radius 3 is 2.62 bits per heavy atom. The highest BCUT2D eigenvalue weighted by Crippen LogP contribution is 2.48. The van der Waals surface area contributed by atoms with E-state index in [4.69, 9.17) is 23.9 Å². The van der Waals surface area contributed by atoms with Gasteiger partial charge in [0, 0.05) is 17.7 Å². The molecule has 0 bridgehead atoms. The number of nitrogens with one attached hydrogen (secondary N) is 2. The van der Waals surface area contributed by atoms with Gasteiger partial charge in [0.25, 0.3) is 0 Å². The molecule has 3 amide bonds. The number of fused-ring (bicyclic) bond motifs is 5. The fraction of sp³-hybridized carbons (Fsp3) is 0.590. The van der Waals surface area contributed by atoms with Gasteiger partial charge in [0.05, 0.1) is 43.5 Å². The molecule has 2 N–H and O–H groups in total. The fourth-order valence-corrected chi connectivity index (χ4v) is 7.75. The molecule has 3 aliphatic heterocycles. The van der Waals surface area contributed by atoms with Crippen molar-refractivity contribution in [2.24, 2.45) is 5.92 Å². The van der Waals surface area contributed by atoms with Gasteiger partial charge >= 0.3 is 12.1 Å². The summed E-state index contributed by atoms with van der Waals surface area (Å²) in [5.41, 5.74) is -1.74. The summed E-state index contributed by atoms with van der Waals surface area (Å²) in [5, 5.41) is 6.34. The Morgan fingerprint density at radius 1 is 1.12 bits per heavy atom. The molecule has 1 aromatic heterocycles. The van der Waals surface area contributed by atoms with Crippen LogP contribution in [0.3, 0.4) is 0 Å². The number of aryl methyl sites for hydroxylation is 1. The van der Waals surface area contributed by atoms with Crippen molar-refractivity contribution >= 4 is 40.6 Å². The van der Waals surface area contributed by atoms with Crippen molar-refractivity contribution in [1.82, 2.24) is 20.5 Å². The molecule has 0 radical (unpaired) electrons. The SMILES string of the molecule is CCOC(=O)[C@@]12C[C@H]1/C=C\CCCCC[C@H](NC(=O)OC(C)(C)C)C(=O)N1C[C@@]3(CC(=O)c4c(c(CC)nc5ccc(OC)cc45)O3)C[C@H]1C(=O)N2. The van der Waals surface area contributed by atoms with Crippen LogP contribution in [0.4, 0.5) is 4.79 Å². The molecule has 52 heavy (non-hydrogen) atoms. The maximum absolute atomic E-state index is 14.6. The third kappa shape index (κ3) is 7.31. The van der Waals surface area contributed by atoms with E-state index in [1.54, 1.807) is 53.0 Å². The summed E-state index contributed by atoms with van der Waals surface area (Å²) in [6.07, 6.45) is 7.30. The first-order valence-corrected chi connectivity index (χ1v) is 18.4. The van der Waals surface area contributed by atoms with Gasteiger partial charge in [-0.1, -0.05) is 31.9 Å². The summed E-state index contributed by atoms with van der Waals surface area (Å²) in [5.74, 6) is -1.15. The Morgan fingerprint density at radius 2 is 1.90 bits per heavy atom. The first kappa shape index (κ1) is 37.1. The van der Waals surface area contributed by atoms with Crippen LogP contribution in [0.2, 0.25) is 0 Å². The lowest BCUT2D eigenvalue weighted by Crippen LogP contribution is -2.57. The first-order valence-electron chi connectivity index (χ1n) is 18.4. The minimum Gasteiger partial charge on any atom is -0.497 e. The van der Waals surface area contributed by atoms with E-state index < -0.39 is 52.7 Å². The average molecular weight is 719 g/mol. The van der Waals surface area contributed by atoms with Gasteiger partial charge in [-0.25, -0.2) is 14.6 Å². The second kappa shape index (κ2) is 14.4. The smallest absolute Gasteiger partial charge is 0.408 e. The molecular formula is C39H50N4O9. The molecule has 4 heterocycles. The Hall–Kier alpha value is -4.68. The molecule has 13 heteroatoms. The number of ether oxygens (including phenoxy) is 4. The summed E-state index contributed by atoms with van der Waals surface area (Å²) in [6.45, 7) is 8.89. The van der Waals surface area contributed by atoms with Gasteiger partial charge < -0.3 is 34.5 Å². The second-order valence-corrected chi connectivity index (χ2v) is 15.3. The predicted octanol–water partition coefficient (Wildman–Crippen LogP) is 4.96. The molecule has 2 fully saturated rings. The third-order valence-electron chi connectivity index (χ3n) is 10.3. The zero-order valence-corrected chi connectivity index (χ0v) is 31.0. The molecule has 13 nitrogen and oxygen atoms in total. The second-order valence-electron chi connectivity index (χ2n) is 15.3. The predicted molar refractivity (Wildman–Crippen MR) is 191 cm³/mol. The number of nitrogens with zero attached hydrogens (tertiary/aromatic N) is 2. The lowest BCUT2D eigenvalue weighted by molar-refractivity contribution is -0.150. The van der Waals surface area contributed by atoms with Gasteiger partial charge in [-0.3, -0.25) is 14.4 Å². The third-order valence-corrected chi connectivity index (χ3v) is 10.3. The van der Waals surface area contributed by atoms with E-state index in [0.29, 0.717) is 59.3 Å². The van der Waals surface area contributed by atoms with Crippen LogP contribution in [0.15, 0.2) is 30.4 Å². The van der Waals surface area contributed by atoms with E-state index in [-0.39, 0.29) is 37.7 Å². The maximum atomic E-state index is 14.6. The summed E-state index contributed by atoms with van der Waals surface area (Å²) in [4.78, 5) is 76.0. The van der Waals surface area contributed by atoms with Crippen LogP contribution in [0.5, 0.6) is 11.5 Å². The van der Waals surface area contributed by atoms with Crippen LogP contribution in [0.25, 0.3) is 10.9 Å². The number of rotatable bonds is 5. The van der Waals surface area contributed by atoms with Crippen LogP contribution < -0.4 is 20.1 Å². The molecule has 1 saturated carbocycles. The summed E-state index contributed by atoms with van der Waals surface area (Å²) in [6, 6.07) is 3.22. The van der Waals surface area contributed by atoms with Crippen LogP contribution in [0, 0.1) is 5.92 Å². The zero-order valence-electron chi connectivity index (χ0n) is 31.0. The number of esters is 1. The molecule has 0 unspecified atom stereocenters. The number of hydrogen-bond donors (Lipinski definition) is 2. The van der Waals surface area contributed by atoms with E-state index in [2.05, 4.69) is 10.6 Å². The zero-order chi connectivity index (χ0) is 37.4. The fourth-order valence-electron chi connectivity index (χ4n) is 7.75. The minimum absolute atomic E-state index is 0.0202. The van der Waals surface area contributed by atoms with Crippen LogP contribution >= 0.6 is 0 Å². The largest absolute Gasteiger partial charge is 0.497 e. The highest BCUT2D eigenvalue weighted by molar-refractivity contribution is 6.11. The monoisotopic (exact) mass is 718 g/mol. The normalized spacial score (nSPS) is 28.3. The van der Waals surface area contributed by atoms with Gasteiger partial charge in [0.15, 0.2) is 11.5 Å². The summed E-state index contributed by atoms with van der Waals surface area (Å²) in [7, 11) is 1.55. The summed E-state index contributed by atoms with van der Waals surface area (Å²) < 4.78 is 23.2. The van der Waals surface area contributed by atoms with Crippen molar-refractivity contribution in [3.8, 4) is 11.5 Å². The van der Waals surface area contributed by atoms with Crippen molar-refractivity contribution in [2.75, 3.05) is 20.3 Å². The topological polar surface area (TPSA) is 162 Å². The molecule has 4 aliphatic rings. The molecule has 5 atom stereocenters. The average Bonchev–Trinajstić information content (AvgIpc) is 3.67. The highest BCUT2D eigenvalue weighted by Gasteiger charge is 2.63. The summed E-state index contributed by atoms with van der Waals surface area (Å²) >= 11 is 0. The molecular weight excluding hydrogens is 668 g/mol. The number of ketones is 1. The van der Waals surface area contributed by atoms with E-state index in [0.717, 1.165) is 19.3 Å². The number of Topliss-reactive ketones (excluding diaryl/α,β-unsaturated/α-hetero) is 1. The van der Waals surface area contributed by atoms with Crippen LogP contribution in [0.1, 0.15) is 102 Å². The van der Waals surface area contributed by atoms with Gasteiger partial charge in [0.1, 0.15) is 34.6 Å². The van der Waals surface area contributed by atoms with E-state index >= 15 is 0 Å². The van der Waals surface area contributed by atoms with Crippen molar-refractivity contribution in [1.29, 1.82) is 0 Å². The van der Waals surface area contributed by atoms with Gasteiger partial charge in [0.2, 0.25) is 11.8 Å². The number of amides is 3. The Bertz CT molecular complexity index is 1800. The molecule has 2 aromatic rings. The Kier molecular flexibility index (Phi) is 10.3. The van der Waals surface area contributed by atoms with E-state index in [1.165, 1.54) is 4.90 Å². The van der Waals surface area contributed by atoms with Gasteiger partial charge in [-0.05, 0) is 78.0 Å². The molecule has 1 saturated heterocycles. The Balaban J connectivity index is 1.40. The number of aromatic nitrogens is 1. The van der Waals surface area contributed by atoms with Crippen LogP contribution in [-0.4, -0.2) is 88.6 Å². The number of pyridine rings is 1. The van der Waals surface area contributed by atoms with Crippen molar-refractivity contribution in [3.63, 3.8) is 0 Å². The Labute approximate surface area is 304 Å². The number of alkyl carbamates (subject to hydrolysis) is 1. The molecule has 1 spiro atoms. The van der Waals surface area contributed by atoms with E-state index in [1.807, 2.05) is 19.1 Å². The lowest BCUT2D eigenvalue weighted by Gasteiger charge is -2.36. The number of methoxy groups -OCH3 is 1. The number of hydrogen-bond acceptors (Lipinski definition) is 10. The van der Waals surface area contributed by atoms with Gasteiger partial charge in [-0.15, -0.1) is 0 Å². The molecule has 280 valence electrons. The number of carbonyl (C=O) groups excluding carboxylic acids is 5. The van der Waals surface area contributed by atoms with Crippen molar-refractivity contribution in [2.45, 2.75) is 121 Å². The highest BCUT2D eigenvalue weighted by atomic mass is 16.6. The van der Waals surface area contributed by atoms with Gasteiger partial charge in [-0.2, -0.15) is 0 Å². The molecule has 6 rings (SSSR count). The minimum atomic E-state index is -1.28. The van der Waals surface area contributed by atoms with Crippen molar-refractivity contribution < 1.29 is 42.9 Å².